The fourth-order valence-electron chi connectivity index (χ4n) is 2.20. The molecule has 0 aliphatic heterocycles. The number of aryl methyl sites for hydroxylation is 2. The van der Waals surface area contributed by atoms with Crippen molar-refractivity contribution in [1.29, 1.82) is 0 Å². The molecule has 0 saturated carbocycles. The number of nitrogens with zero attached hydrogens (tertiary/aromatic N) is 2. The van der Waals surface area contributed by atoms with Crippen LogP contribution in [-0.4, -0.2) is 9.97 Å². The molecule has 0 N–H and O–H groups in total. The molecule has 1 aromatic heterocycles. The largest absolute Gasteiger partial charge is 0.241 e. The molecule has 0 bridgehead atoms. The fourth-order valence-corrected chi connectivity index (χ4v) is 2.20. The summed E-state index contributed by atoms with van der Waals surface area (Å²) in [4.78, 5) is 8.28. The lowest BCUT2D eigenvalue weighted by molar-refractivity contribution is 0.632. The van der Waals surface area contributed by atoms with Gasteiger partial charge in [-0.05, 0) is 31.0 Å². The average Bonchev–Trinajstić information content (AvgIpc) is 2.49. The molecule has 0 unspecified atom stereocenters. The van der Waals surface area contributed by atoms with Gasteiger partial charge in [-0.1, -0.05) is 42.0 Å². The summed E-state index contributed by atoms with van der Waals surface area (Å²) in [6.07, 6.45) is 3.42. The lowest BCUT2D eigenvalue weighted by Crippen LogP contribution is -1.90. The minimum atomic E-state index is -0.239. The van der Waals surface area contributed by atoms with Crippen LogP contribution in [0.4, 0.5) is 4.39 Å². The molecule has 1 heterocycles. The van der Waals surface area contributed by atoms with Gasteiger partial charge in [0.15, 0.2) is 0 Å². The van der Waals surface area contributed by atoms with Gasteiger partial charge in [-0.15, -0.1) is 0 Å². The summed E-state index contributed by atoms with van der Waals surface area (Å²) in [5.41, 5.74) is 4.24. The number of halogens is 1. The molecule has 2 nitrogen and oxygen atoms in total. The fraction of sp³-hybridized carbons (Fsp3) is 0.111. The van der Waals surface area contributed by atoms with Crippen LogP contribution in [-0.2, 0) is 0 Å². The van der Waals surface area contributed by atoms with Crippen molar-refractivity contribution >= 4 is 0 Å². The Morgan fingerprint density at radius 1 is 0.762 bits per heavy atom. The van der Waals surface area contributed by atoms with Crippen molar-refractivity contribution in [3.8, 4) is 22.3 Å². The van der Waals surface area contributed by atoms with Crippen molar-refractivity contribution in [2.75, 3.05) is 0 Å². The van der Waals surface area contributed by atoms with Gasteiger partial charge in [-0.3, -0.25) is 0 Å². The summed E-state index contributed by atoms with van der Waals surface area (Å²) >= 11 is 0. The molecular weight excluding hydrogens is 263 g/mol. The van der Waals surface area contributed by atoms with Gasteiger partial charge in [-0.25, -0.2) is 14.4 Å². The smallest absolute Gasteiger partial charge is 0.131 e. The highest BCUT2D eigenvalue weighted by atomic mass is 19.1. The highest BCUT2D eigenvalue weighted by Crippen LogP contribution is 2.27. The summed E-state index contributed by atoms with van der Waals surface area (Å²) in [5, 5.41) is 0. The predicted octanol–water partition coefficient (Wildman–Crippen LogP) is 4.57. The van der Waals surface area contributed by atoms with Crippen LogP contribution < -0.4 is 0 Å². The number of rotatable bonds is 2. The molecule has 0 fully saturated rings. The zero-order chi connectivity index (χ0) is 14.8. The molecular formula is C18H15FN2. The Balaban J connectivity index is 1.99. The third-order valence-electron chi connectivity index (χ3n) is 3.45. The van der Waals surface area contributed by atoms with Gasteiger partial charge in [0, 0.05) is 23.5 Å². The molecule has 0 aliphatic carbocycles. The number of benzene rings is 2. The minimum absolute atomic E-state index is 0.239. The Bertz CT molecular complexity index is 762. The van der Waals surface area contributed by atoms with Crippen LogP contribution in [0.1, 0.15) is 11.4 Å². The van der Waals surface area contributed by atoms with Gasteiger partial charge in [0.25, 0.3) is 0 Å². The van der Waals surface area contributed by atoms with Crippen LogP contribution in [0.5, 0.6) is 0 Å². The monoisotopic (exact) mass is 278 g/mol. The molecule has 3 rings (SSSR count). The first-order valence-corrected chi connectivity index (χ1v) is 6.79. The normalized spacial score (nSPS) is 10.6. The van der Waals surface area contributed by atoms with E-state index < -0.39 is 0 Å². The summed E-state index contributed by atoms with van der Waals surface area (Å²) in [7, 11) is 0. The van der Waals surface area contributed by atoms with Gasteiger partial charge in [0.2, 0.25) is 0 Å². The van der Waals surface area contributed by atoms with Crippen molar-refractivity contribution in [3.05, 3.63) is 72.1 Å². The highest BCUT2D eigenvalue weighted by Gasteiger charge is 2.07. The standard InChI is InChI=1S/C18H15FN2/c1-12-3-5-14(6-4-12)17-8-7-15(9-18(17)19)16-10-20-13(2)21-11-16/h3-11H,1-2H3. The first-order valence-electron chi connectivity index (χ1n) is 6.79. The third-order valence-corrected chi connectivity index (χ3v) is 3.45. The molecule has 0 aliphatic rings. The van der Waals surface area contributed by atoms with E-state index in [9.17, 15) is 4.39 Å². The van der Waals surface area contributed by atoms with Crippen molar-refractivity contribution in [2.45, 2.75) is 13.8 Å². The van der Waals surface area contributed by atoms with Gasteiger partial charge in [0.05, 0.1) is 0 Å². The molecule has 2 aromatic carbocycles. The molecule has 21 heavy (non-hydrogen) atoms. The van der Waals surface area contributed by atoms with E-state index >= 15 is 0 Å². The van der Waals surface area contributed by atoms with Crippen LogP contribution in [0.25, 0.3) is 22.3 Å². The molecule has 104 valence electrons. The van der Waals surface area contributed by atoms with Gasteiger partial charge in [-0.2, -0.15) is 0 Å². The number of aromatic nitrogens is 2. The topological polar surface area (TPSA) is 25.8 Å². The Hall–Kier alpha value is -2.55. The maximum Gasteiger partial charge on any atom is 0.131 e. The van der Waals surface area contributed by atoms with Crippen LogP contribution in [0.3, 0.4) is 0 Å². The Labute approximate surface area is 123 Å². The van der Waals surface area contributed by atoms with Gasteiger partial charge >= 0.3 is 0 Å². The molecule has 0 spiro atoms. The van der Waals surface area contributed by atoms with Crippen molar-refractivity contribution in [3.63, 3.8) is 0 Å². The van der Waals surface area contributed by atoms with E-state index in [-0.39, 0.29) is 5.82 Å². The van der Waals surface area contributed by atoms with Crippen LogP contribution in [0.15, 0.2) is 54.9 Å². The van der Waals surface area contributed by atoms with Gasteiger partial charge in [0.1, 0.15) is 11.6 Å². The average molecular weight is 278 g/mol. The molecule has 0 radical (unpaired) electrons. The summed E-state index contributed by atoms with van der Waals surface area (Å²) in [5.74, 6) is 0.465. The molecule has 3 heteroatoms. The van der Waals surface area contributed by atoms with E-state index in [0.717, 1.165) is 22.3 Å². The van der Waals surface area contributed by atoms with E-state index in [4.69, 9.17) is 0 Å². The summed E-state index contributed by atoms with van der Waals surface area (Å²) in [6, 6.07) is 13.1. The second-order valence-corrected chi connectivity index (χ2v) is 5.08. The lowest BCUT2D eigenvalue weighted by atomic mass is 10.0. The zero-order valence-corrected chi connectivity index (χ0v) is 12.0. The summed E-state index contributed by atoms with van der Waals surface area (Å²) in [6.45, 7) is 3.84. The molecule has 0 atom stereocenters. The van der Waals surface area contributed by atoms with Crippen LogP contribution in [0, 0.1) is 19.7 Å². The molecule has 0 saturated heterocycles. The maximum atomic E-state index is 14.4. The predicted molar refractivity (Wildman–Crippen MR) is 82.3 cm³/mol. The van der Waals surface area contributed by atoms with Crippen molar-refractivity contribution in [2.24, 2.45) is 0 Å². The zero-order valence-electron chi connectivity index (χ0n) is 12.0. The van der Waals surface area contributed by atoms with Gasteiger partial charge < -0.3 is 0 Å². The van der Waals surface area contributed by atoms with E-state index in [1.165, 1.54) is 6.07 Å². The van der Waals surface area contributed by atoms with E-state index in [1.54, 1.807) is 18.5 Å². The second-order valence-electron chi connectivity index (χ2n) is 5.08. The van der Waals surface area contributed by atoms with Crippen molar-refractivity contribution < 1.29 is 4.39 Å². The minimum Gasteiger partial charge on any atom is -0.241 e. The number of hydrogen-bond donors (Lipinski definition) is 0. The first kappa shape index (κ1) is 13.4. The number of hydrogen-bond acceptors (Lipinski definition) is 2. The summed E-state index contributed by atoms with van der Waals surface area (Å²) < 4.78 is 14.4. The van der Waals surface area contributed by atoms with E-state index in [1.807, 2.05) is 44.2 Å². The Morgan fingerprint density at radius 3 is 2.00 bits per heavy atom. The van der Waals surface area contributed by atoms with Crippen LogP contribution in [0.2, 0.25) is 0 Å². The first-order chi connectivity index (χ1) is 10.1. The third kappa shape index (κ3) is 2.82. The van der Waals surface area contributed by atoms with E-state index in [0.29, 0.717) is 11.4 Å². The Morgan fingerprint density at radius 2 is 1.38 bits per heavy atom. The second kappa shape index (κ2) is 5.44. The van der Waals surface area contributed by atoms with Crippen LogP contribution >= 0.6 is 0 Å². The maximum absolute atomic E-state index is 14.4. The molecule has 3 aromatic rings. The molecule has 0 amide bonds. The highest BCUT2D eigenvalue weighted by molar-refractivity contribution is 5.70. The lowest BCUT2D eigenvalue weighted by Gasteiger charge is -2.07. The Kier molecular flexibility index (Phi) is 3.48. The van der Waals surface area contributed by atoms with E-state index in [2.05, 4.69) is 9.97 Å². The quantitative estimate of drug-likeness (QED) is 0.686. The van der Waals surface area contributed by atoms with Crippen molar-refractivity contribution in [1.82, 2.24) is 9.97 Å². The SMILES string of the molecule is Cc1ccc(-c2ccc(-c3cnc(C)nc3)cc2F)cc1.